The van der Waals surface area contributed by atoms with Gasteiger partial charge in [0.15, 0.2) is 0 Å². The molecule has 1 amide bonds. The Bertz CT molecular complexity index is 426. The minimum absolute atomic E-state index is 0.106. The maximum atomic E-state index is 12.3. The molecule has 2 N–H and O–H groups in total. The van der Waals surface area contributed by atoms with E-state index < -0.39 is 0 Å². The first-order valence-electron chi connectivity index (χ1n) is 5.94. The number of nitrogens with two attached hydrogens (primary N) is 1. The fourth-order valence-electron chi connectivity index (χ4n) is 2.74. The molecule has 1 aromatic rings. The van der Waals surface area contributed by atoms with Crippen molar-refractivity contribution in [3.05, 3.63) is 35.4 Å². The molecule has 3 rings (SSSR count). The summed E-state index contributed by atoms with van der Waals surface area (Å²) in [6.07, 6.45) is 3.51. The van der Waals surface area contributed by atoms with E-state index in [0.29, 0.717) is 12.6 Å². The van der Waals surface area contributed by atoms with E-state index >= 15 is 0 Å². The third-order valence-corrected chi connectivity index (χ3v) is 3.81. The fourth-order valence-corrected chi connectivity index (χ4v) is 2.74. The number of amides is 1. The van der Waals surface area contributed by atoms with Crippen molar-refractivity contribution in [3.63, 3.8) is 0 Å². The predicted octanol–water partition coefficient (Wildman–Crippen LogP) is 1.69. The Balaban J connectivity index is 2.01. The minimum atomic E-state index is 0.106. The van der Waals surface area contributed by atoms with Gasteiger partial charge in [0.2, 0.25) is 0 Å². The highest BCUT2D eigenvalue weighted by Crippen LogP contribution is 2.39. The Morgan fingerprint density at radius 2 is 2.06 bits per heavy atom. The van der Waals surface area contributed by atoms with E-state index in [1.165, 1.54) is 6.42 Å². The third-order valence-electron chi connectivity index (χ3n) is 3.81. The van der Waals surface area contributed by atoms with Crippen LogP contribution in [0.1, 0.15) is 41.2 Å². The maximum absolute atomic E-state index is 12.3. The number of carbonyl (C=O) groups is 1. The van der Waals surface area contributed by atoms with Crippen LogP contribution >= 0.6 is 0 Å². The Morgan fingerprint density at radius 1 is 1.31 bits per heavy atom. The van der Waals surface area contributed by atoms with Gasteiger partial charge in [-0.25, -0.2) is 0 Å². The van der Waals surface area contributed by atoms with Crippen molar-refractivity contribution >= 4 is 5.91 Å². The molecule has 16 heavy (non-hydrogen) atoms. The van der Waals surface area contributed by atoms with Crippen LogP contribution in [0.25, 0.3) is 0 Å². The molecule has 1 aliphatic heterocycles. The van der Waals surface area contributed by atoms with Gasteiger partial charge in [0.05, 0.1) is 6.04 Å². The van der Waals surface area contributed by atoms with E-state index in [1.54, 1.807) is 0 Å². The third kappa shape index (κ3) is 1.21. The molecule has 1 heterocycles. The topological polar surface area (TPSA) is 46.3 Å². The Morgan fingerprint density at radius 3 is 2.69 bits per heavy atom. The molecule has 0 aromatic heterocycles. The van der Waals surface area contributed by atoms with Gasteiger partial charge in [-0.2, -0.15) is 0 Å². The van der Waals surface area contributed by atoms with Gasteiger partial charge in [-0.1, -0.05) is 18.2 Å². The Labute approximate surface area is 95.2 Å². The van der Waals surface area contributed by atoms with Gasteiger partial charge in [-0.15, -0.1) is 0 Å². The standard InChI is InChI=1S/C13H16N2O/c14-8-12-10-6-1-2-7-11(10)13(16)15(12)9-4-3-5-9/h1-2,6-7,9,12H,3-5,8,14H2/t12-/m0/s1. The number of nitrogens with zero attached hydrogens (tertiary/aromatic N) is 1. The number of benzene rings is 1. The zero-order chi connectivity index (χ0) is 11.1. The van der Waals surface area contributed by atoms with E-state index in [4.69, 9.17) is 5.73 Å². The van der Waals surface area contributed by atoms with Crippen LogP contribution in [-0.2, 0) is 0 Å². The van der Waals surface area contributed by atoms with Crippen LogP contribution in [-0.4, -0.2) is 23.4 Å². The van der Waals surface area contributed by atoms with Crippen LogP contribution in [0.15, 0.2) is 24.3 Å². The molecule has 2 aliphatic rings. The molecule has 1 fully saturated rings. The lowest BCUT2D eigenvalue weighted by atomic mass is 9.90. The van der Waals surface area contributed by atoms with E-state index in [-0.39, 0.29) is 11.9 Å². The van der Waals surface area contributed by atoms with Crippen LogP contribution < -0.4 is 5.73 Å². The predicted molar refractivity (Wildman–Crippen MR) is 62.0 cm³/mol. The quantitative estimate of drug-likeness (QED) is 0.817. The van der Waals surface area contributed by atoms with Gasteiger partial charge in [-0.3, -0.25) is 4.79 Å². The van der Waals surface area contributed by atoms with Crippen molar-refractivity contribution in [2.24, 2.45) is 5.73 Å². The highest BCUT2D eigenvalue weighted by Gasteiger charge is 2.41. The van der Waals surface area contributed by atoms with Crippen molar-refractivity contribution in [1.29, 1.82) is 0 Å². The fraction of sp³-hybridized carbons (Fsp3) is 0.462. The van der Waals surface area contributed by atoms with Crippen LogP contribution in [0.4, 0.5) is 0 Å². The molecule has 3 heteroatoms. The van der Waals surface area contributed by atoms with Gasteiger partial charge in [-0.05, 0) is 30.9 Å². The normalized spacial score (nSPS) is 24.4. The molecule has 1 atom stereocenters. The second-order valence-corrected chi connectivity index (χ2v) is 4.64. The SMILES string of the molecule is NC[C@H]1c2ccccc2C(=O)N1C1CCC1. The summed E-state index contributed by atoms with van der Waals surface area (Å²) in [6, 6.07) is 8.39. The van der Waals surface area contributed by atoms with E-state index in [1.807, 2.05) is 29.2 Å². The van der Waals surface area contributed by atoms with Gasteiger partial charge < -0.3 is 10.6 Å². The van der Waals surface area contributed by atoms with Crippen molar-refractivity contribution in [3.8, 4) is 0 Å². The molecule has 0 spiro atoms. The van der Waals surface area contributed by atoms with Crippen molar-refractivity contribution in [1.82, 2.24) is 4.90 Å². The van der Waals surface area contributed by atoms with Crippen LogP contribution in [0.5, 0.6) is 0 Å². The molecule has 84 valence electrons. The van der Waals surface area contributed by atoms with Crippen molar-refractivity contribution < 1.29 is 4.79 Å². The molecule has 0 bridgehead atoms. The number of carbonyl (C=O) groups excluding carboxylic acids is 1. The summed E-state index contributed by atoms with van der Waals surface area (Å²) in [6.45, 7) is 0.527. The highest BCUT2D eigenvalue weighted by molar-refractivity contribution is 5.99. The molecular weight excluding hydrogens is 200 g/mol. The molecule has 1 saturated carbocycles. The van der Waals surface area contributed by atoms with Crippen molar-refractivity contribution in [2.45, 2.75) is 31.3 Å². The zero-order valence-corrected chi connectivity index (χ0v) is 9.23. The summed E-state index contributed by atoms with van der Waals surface area (Å²) < 4.78 is 0. The van der Waals surface area contributed by atoms with Gasteiger partial charge >= 0.3 is 0 Å². The molecule has 0 unspecified atom stereocenters. The highest BCUT2D eigenvalue weighted by atomic mass is 16.2. The largest absolute Gasteiger partial charge is 0.328 e. The molecule has 1 aliphatic carbocycles. The van der Waals surface area contributed by atoms with E-state index in [0.717, 1.165) is 24.0 Å². The van der Waals surface area contributed by atoms with Crippen LogP contribution in [0.3, 0.4) is 0 Å². The van der Waals surface area contributed by atoms with Crippen molar-refractivity contribution in [2.75, 3.05) is 6.54 Å². The lowest BCUT2D eigenvalue weighted by molar-refractivity contribution is 0.0513. The monoisotopic (exact) mass is 216 g/mol. The molecule has 3 nitrogen and oxygen atoms in total. The summed E-state index contributed by atoms with van der Waals surface area (Å²) in [5.41, 5.74) is 7.79. The number of rotatable bonds is 2. The summed E-state index contributed by atoms with van der Waals surface area (Å²) in [5.74, 6) is 0.177. The Kier molecular flexibility index (Phi) is 2.21. The number of hydrogen-bond donors (Lipinski definition) is 1. The smallest absolute Gasteiger partial charge is 0.255 e. The summed E-state index contributed by atoms with van der Waals surface area (Å²) in [7, 11) is 0. The first-order chi connectivity index (χ1) is 7.83. The molecule has 0 saturated heterocycles. The van der Waals surface area contributed by atoms with Crippen LogP contribution in [0.2, 0.25) is 0 Å². The maximum Gasteiger partial charge on any atom is 0.255 e. The molecule has 1 aromatic carbocycles. The van der Waals surface area contributed by atoms with Gasteiger partial charge in [0.25, 0.3) is 5.91 Å². The van der Waals surface area contributed by atoms with E-state index in [9.17, 15) is 4.79 Å². The second-order valence-electron chi connectivity index (χ2n) is 4.64. The summed E-state index contributed by atoms with van der Waals surface area (Å²) in [5, 5.41) is 0. The zero-order valence-electron chi connectivity index (χ0n) is 9.23. The average molecular weight is 216 g/mol. The molecular formula is C13H16N2O. The molecule has 0 radical (unpaired) electrons. The lowest BCUT2D eigenvalue weighted by Gasteiger charge is -2.38. The van der Waals surface area contributed by atoms with Gasteiger partial charge in [0, 0.05) is 18.2 Å². The van der Waals surface area contributed by atoms with Crippen LogP contribution in [0, 0.1) is 0 Å². The van der Waals surface area contributed by atoms with Gasteiger partial charge in [0.1, 0.15) is 0 Å². The van der Waals surface area contributed by atoms with E-state index in [2.05, 4.69) is 0 Å². The first-order valence-corrected chi connectivity index (χ1v) is 5.94. The average Bonchev–Trinajstić information content (AvgIpc) is 2.51. The second kappa shape index (κ2) is 3.59. The summed E-state index contributed by atoms with van der Waals surface area (Å²) in [4.78, 5) is 14.3. The summed E-state index contributed by atoms with van der Waals surface area (Å²) >= 11 is 0. The minimum Gasteiger partial charge on any atom is -0.328 e. The lowest BCUT2D eigenvalue weighted by Crippen LogP contribution is -2.44. The number of fused-ring (bicyclic) bond motifs is 1. The first kappa shape index (κ1) is 9.85. The Hall–Kier alpha value is -1.35. The number of hydrogen-bond acceptors (Lipinski definition) is 2.